The van der Waals surface area contributed by atoms with Crippen LogP contribution in [0.25, 0.3) is 0 Å². The quantitative estimate of drug-likeness (QED) is 0.768. The molecule has 1 aromatic carbocycles. The highest BCUT2D eigenvalue weighted by Gasteiger charge is 2.30. The zero-order valence-electron chi connectivity index (χ0n) is 13.8. The fraction of sp³-hybridized carbons (Fsp3) is 0.438. The van der Waals surface area contributed by atoms with Crippen LogP contribution in [0, 0.1) is 17.2 Å². The van der Waals surface area contributed by atoms with Crippen LogP contribution < -0.4 is 5.32 Å². The minimum absolute atomic E-state index is 0.264. The Morgan fingerprint density at radius 1 is 1.32 bits per heavy atom. The van der Waals surface area contributed by atoms with Crippen molar-refractivity contribution in [2.75, 3.05) is 31.3 Å². The average Bonchev–Trinajstić information content (AvgIpc) is 2.59. The molecular formula is C16H19N3O5S. The molecule has 1 amide bonds. The van der Waals surface area contributed by atoms with E-state index in [0.29, 0.717) is 24.1 Å². The third kappa shape index (κ3) is 5.27. The van der Waals surface area contributed by atoms with E-state index < -0.39 is 34.4 Å². The lowest BCUT2D eigenvalue weighted by Gasteiger charge is -2.28. The van der Waals surface area contributed by atoms with E-state index >= 15 is 0 Å². The average molecular weight is 365 g/mol. The number of sulfonamides is 1. The minimum Gasteiger partial charge on any atom is -0.455 e. The smallest absolute Gasteiger partial charge is 0.309 e. The van der Waals surface area contributed by atoms with Crippen molar-refractivity contribution >= 4 is 27.6 Å². The fourth-order valence-corrected chi connectivity index (χ4v) is 3.43. The molecule has 8 nitrogen and oxygen atoms in total. The van der Waals surface area contributed by atoms with Gasteiger partial charge in [-0.25, -0.2) is 12.7 Å². The van der Waals surface area contributed by atoms with Crippen LogP contribution in [0.2, 0.25) is 0 Å². The van der Waals surface area contributed by atoms with E-state index in [-0.39, 0.29) is 13.1 Å². The molecule has 0 saturated carbocycles. The molecule has 0 aliphatic carbocycles. The molecule has 0 aromatic heterocycles. The van der Waals surface area contributed by atoms with Crippen molar-refractivity contribution in [3.8, 4) is 6.07 Å². The lowest BCUT2D eigenvalue weighted by atomic mass is 9.98. The van der Waals surface area contributed by atoms with E-state index in [2.05, 4.69) is 5.32 Å². The van der Waals surface area contributed by atoms with E-state index in [1.54, 1.807) is 24.3 Å². The summed E-state index contributed by atoms with van der Waals surface area (Å²) in [6, 6.07) is 8.46. The number of para-hydroxylation sites is 1. The van der Waals surface area contributed by atoms with Gasteiger partial charge in [0.15, 0.2) is 6.61 Å². The number of hydrogen-bond donors (Lipinski definition) is 1. The van der Waals surface area contributed by atoms with Crippen LogP contribution in [-0.2, 0) is 24.3 Å². The molecule has 0 radical (unpaired) electrons. The standard InChI is InChI=1S/C16H19N3O5S/c1-25(22,23)19-8-6-12(7-9-19)16(21)24-11-15(20)18-14-5-3-2-4-13(14)10-17/h2-5,12H,6-9,11H2,1H3,(H,18,20). The summed E-state index contributed by atoms with van der Waals surface area (Å²) in [4.78, 5) is 23.9. The van der Waals surface area contributed by atoms with Gasteiger partial charge >= 0.3 is 5.97 Å². The van der Waals surface area contributed by atoms with Crippen LogP contribution in [-0.4, -0.2) is 50.6 Å². The summed E-state index contributed by atoms with van der Waals surface area (Å²) >= 11 is 0. The SMILES string of the molecule is CS(=O)(=O)N1CCC(C(=O)OCC(=O)Nc2ccccc2C#N)CC1. The van der Waals surface area contributed by atoms with Crippen molar-refractivity contribution in [3.05, 3.63) is 29.8 Å². The van der Waals surface area contributed by atoms with Crippen LogP contribution in [0.1, 0.15) is 18.4 Å². The molecule has 0 unspecified atom stereocenters. The Kier molecular flexibility index (Phi) is 6.12. The van der Waals surface area contributed by atoms with Gasteiger partial charge in [0.05, 0.1) is 23.4 Å². The molecule has 1 heterocycles. The second-order valence-corrected chi connectivity index (χ2v) is 7.73. The Balaban J connectivity index is 1.80. The maximum absolute atomic E-state index is 12.0. The summed E-state index contributed by atoms with van der Waals surface area (Å²) in [7, 11) is -3.25. The third-order valence-electron chi connectivity index (χ3n) is 3.92. The molecule has 0 bridgehead atoms. The van der Waals surface area contributed by atoms with Gasteiger partial charge < -0.3 is 10.1 Å². The topological polar surface area (TPSA) is 117 Å². The molecule has 1 aromatic rings. The van der Waals surface area contributed by atoms with Crippen LogP contribution in [0.4, 0.5) is 5.69 Å². The van der Waals surface area contributed by atoms with E-state index in [1.165, 1.54) is 4.31 Å². The Labute approximate surface area is 146 Å². The first-order valence-electron chi connectivity index (χ1n) is 7.72. The highest BCUT2D eigenvalue weighted by molar-refractivity contribution is 7.88. The van der Waals surface area contributed by atoms with Gasteiger partial charge in [-0.1, -0.05) is 12.1 Å². The number of esters is 1. The number of benzene rings is 1. The molecule has 2 rings (SSSR count). The predicted octanol–water partition coefficient (Wildman–Crippen LogP) is 0.712. The maximum Gasteiger partial charge on any atom is 0.309 e. The number of anilines is 1. The van der Waals surface area contributed by atoms with Gasteiger partial charge in [0, 0.05) is 13.1 Å². The number of carbonyl (C=O) groups excluding carboxylic acids is 2. The number of hydrogen-bond acceptors (Lipinski definition) is 6. The second kappa shape index (κ2) is 8.09. The molecule has 1 fully saturated rings. The van der Waals surface area contributed by atoms with Crippen LogP contribution >= 0.6 is 0 Å². The fourth-order valence-electron chi connectivity index (χ4n) is 2.55. The maximum atomic E-state index is 12.0. The molecule has 1 saturated heterocycles. The first-order valence-corrected chi connectivity index (χ1v) is 9.57. The summed E-state index contributed by atoms with van der Waals surface area (Å²) in [6.07, 6.45) is 1.87. The van der Waals surface area contributed by atoms with Crippen LogP contribution in [0.3, 0.4) is 0 Å². The van der Waals surface area contributed by atoms with Crippen molar-refractivity contribution in [3.63, 3.8) is 0 Å². The van der Waals surface area contributed by atoms with Gasteiger partial charge in [0.1, 0.15) is 6.07 Å². The van der Waals surface area contributed by atoms with Gasteiger partial charge in [-0.05, 0) is 25.0 Å². The Hall–Kier alpha value is -2.44. The lowest BCUT2D eigenvalue weighted by molar-refractivity contribution is -0.152. The first kappa shape index (κ1) is 18.9. The van der Waals surface area contributed by atoms with Gasteiger partial charge in [0.25, 0.3) is 5.91 Å². The monoisotopic (exact) mass is 365 g/mol. The summed E-state index contributed by atoms with van der Waals surface area (Å²) in [5.74, 6) is -1.47. The van der Waals surface area contributed by atoms with Crippen LogP contribution in [0.5, 0.6) is 0 Å². The Morgan fingerprint density at radius 2 is 1.96 bits per heavy atom. The number of piperidine rings is 1. The van der Waals surface area contributed by atoms with Gasteiger partial charge in [-0.15, -0.1) is 0 Å². The number of nitriles is 1. The molecule has 9 heteroatoms. The van der Waals surface area contributed by atoms with Crippen molar-refractivity contribution in [2.45, 2.75) is 12.8 Å². The molecule has 0 atom stereocenters. The van der Waals surface area contributed by atoms with Gasteiger partial charge in [-0.2, -0.15) is 5.26 Å². The van der Waals surface area contributed by atoms with Crippen molar-refractivity contribution in [1.29, 1.82) is 5.26 Å². The highest BCUT2D eigenvalue weighted by Crippen LogP contribution is 2.20. The number of rotatable bonds is 5. The molecule has 1 aliphatic heterocycles. The number of carbonyl (C=O) groups is 2. The summed E-state index contributed by atoms with van der Waals surface area (Å²) in [6.45, 7) is 0.0750. The van der Waals surface area contributed by atoms with Gasteiger partial charge in [-0.3, -0.25) is 9.59 Å². The number of nitrogens with one attached hydrogen (secondary N) is 1. The number of amides is 1. The number of ether oxygens (including phenoxy) is 1. The summed E-state index contributed by atoms with van der Waals surface area (Å²) < 4.78 is 29.2. The first-order chi connectivity index (χ1) is 11.8. The zero-order chi connectivity index (χ0) is 18.4. The third-order valence-corrected chi connectivity index (χ3v) is 5.23. The predicted molar refractivity (Wildman–Crippen MR) is 89.9 cm³/mol. The molecule has 0 spiro atoms. The molecule has 1 N–H and O–H groups in total. The summed E-state index contributed by atoms with van der Waals surface area (Å²) in [5, 5.41) is 11.5. The molecule has 1 aliphatic rings. The zero-order valence-corrected chi connectivity index (χ0v) is 14.6. The minimum atomic E-state index is -3.25. The second-order valence-electron chi connectivity index (χ2n) is 5.75. The molecule has 25 heavy (non-hydrogen) atoms. The van der Waals surface area contributed by atoms with E-state index in [4.69, 9.17) is 10.00 Å². The van der Waals surface area contributed by atoms with E-state index in [1.807, 2.05) is 6.07 Å². The normalized spacial score (nSPS) is 16.0. The van der Waals surface area contributed by atoms with Crippen LogP contribution in [0.15, 0.2) is 24.3 Å². The largest absolute Gasteiger partial charge is 0.455 e. The summed E-state index contributed by atoms with van der Waals surface area (Å²) in [5.41, 5.74) is 0.669. The van der Waals surface area contributed by atoms with E-state index in [0.717, 1.165) is 6.26 Å². The number of nitrogens with zero attached hydrogens (tertiary/aromatic N) is 2. The lowest BCUT2D eigenvalue weighted by Crippen LogP contribution is -2.40. The van der Waals surface area contributed by atoms with Gasteiger partial charge in [0.2, 0.25) is 10.0 Å². The van der Waals surface area contributed by atoms with Crippen molar-refractivity contribution in [1.82, 2.24) is 4.31 Å². The van der Waals surface area contributed by atoms with E-state index in [9.17, 15) is 18.0 Å². The Morgan fingerprint density at radius 3 is 2.56 bits per heavy atom. The highest BCUT2D eigenvalue weighted by atomic mass is 32.2. The van der Waals surface area contributed by atoms with Crippen molar-refractivity contribution in [2.24, 2.45) is 5.92 Å². The molecular weight excluding hydrogens is 346 g/mol. The van der Waals surface area contributed by atoms with Crippen molar-refractivity contribution < 1.29 is 22.7 Å². The Bertz CT molecular complexity index is 792. The molecule has 134 valence electrons.